The SMILES string of the molecule is O=C([O-])c1ccccc1C(=O)c1ccc(O)cc1O.[Na+]. The zero-order valence-electron chi connectivity index (χ0n) is 10.7. The Morgan fingerprint density at radius 3 is 2.05 bits per heavy atom. The minimum atomic E-state index is -1.47. The Balaban J connectivity index is 0.00000200. The summed E-state index contributed by atoms with van der Waals surface area (Å²) < 4.78 is 0. The van der Waals surface area contributed by atoms with Gasteiger partial charge in [-0.2, -0.15) is 0 Å². The number of rotatable bonds is 3. The first kappa shape index (κ1) is 16.2. The van der Waals surface area contributed by atoms with Crippen LogP contribution in [0.5, 0.6) is 11.5 Å². The number of carbonyl (C=O) groups is 2. The van der Waals surface area contributed by atoms with Gasteiger partial charge in [0.2, 0.25) is 0 Å². The van der Waals surface area contributed by atoms with E-state index < -0.39 is 17.5 Å². The van der Waals surface area contributed by atoms with Gasteiger partial charge in [-0.3, -0.25) is 4.79 Å². The summed E-state index contributed by atoms with van der Waals surface area (Å²) in [6, 6.07) is 9.03. The molecule has 0 bridgehead atoms. The normalized spacial score (nSPS) is 9.60. The van der Waals surface area contributed by atoms with Gasteiger partial charge in [-0.25, -0.2) is 0 Å². The predicted octanol–water partition coefficient (Wildman–Crippen LogP) is -2.30. The van der Waals surface area contributed by atoms with E-state index >= 15 is 0 Å². The summed E-state index contributed by atoms with van der Waals surface area (Å²) >= 11 is 0. The molecule has 0 aromatic heterocycles. The fraction of sp³-hybridized carbons (Fsp3) is 0. The minimum Gasteiger partial charge on any atom is -0.545 e. The Labute approximate surface area is 136 Å². The van der Waals surface area contributed by atoms with Crippen molar-refractivity contribution in [2.24, 2.45) is 0 Å². The van der Waals surface area contributed by atoms with Crippen molar-refractivity contribution in [1.82, 2.24) is 0 Å². The first-order valence-electron chi connectivity index (χ1n) is 5.37. The molecular formula is C14H9NaO5. The van der Waals surface area contributed by atoms with Crippen molar-refractivity contribution >= 4 is 11.8 Å². The monoisotopic (exact) mass is 280 g/mol. The van der Waals surface area contributed by atoms with Crippen molar-refractivity contribution in [3.8, 4) is 11.5 Å². The second-order valence-electron chi connectivity index (χ2n) is 3.86. The summed E-state index contributed by atoms with van der Waals surface area (Å²) in [7, 11) is 0. The standard InChI is InChI=1S/C14H10O5.Na/c15-8-5-6-11(12(16)7-8)13(17)9-3-1-2-4-10(9)14(18)19;/h1-7,15-16H,(H,18,19);/q;+1/p-1. The van der Waals surface area contributed by atoms with E-state index in [1.54, 1.807) is 0 Å². The van der Waals surface area contributed by atoms with E-state index in [1.807, 2.05) is 0 Å². The minimum absolute atomic E-state index is 0. The molecule has 2 aromatic carbocycles. The van der Waals surface area contributed by atoms with E-state index in [2.05, 4.69) is 0 Å². The van der Waals surface area contributed by atoms with Gasteiger partial charge in [0, 0.05) is 17.2 Å². The van der Waals surface area contributed by atoms with Crippen molar-refractivity contribution in [1.29, 1.82) is 0 Å². The Morgan fingerprint density at radius 1 is 0.900 bits per heavy atom. The number of aromatic hydroxyl groups is 2. The third-order valence-electron chi connectivity index (χ3n) is 2.62. The average Bonchev–Trinajstić information content (AvgIpc) is 2.38. The topological polar surface area (TPSA) is 97.7 Å². The average molecular weight is 280 g/mol. The Bertz CT molecular complexity index is 666. The van der Waals surface area contributed by atoms with E-state index in [0.29, 0.717) is 0 Å². The molecule has 0 saturated carbocycles. The van der Waals surface area contributed by atoms with Gasteiger partial charge in [0.15, 0.2) is 5.78 Å². The molecule has 0 saturated heterocycles. The van der Waals surface area contributed by atoms with E-state index in [4.69, 9.17) is 5.11 Å². The number of benzene rings is 2. The number of phenolic OH excluding ortho intramolecular Hbond substituents is 2. The molecule has 2 rings (SSSR count). The summed E-state index contributed by atoms with van der Waals surface area (Å²) in [5.41, 5.74) is -0.421. The van der Waals surface area contributed by atoms with E-state index in [0.717, 1.165) is 6.07 Å². The Kier molecular flexibility index (Phi) is 5.33. The zero-order chi connectivity index (χ0) is 14.0. The molecule has 0 radical (unpaired) electrons. The molecule has 0 spiro atoms. The zero-order valence-corrected chi connectivity index (χ0v) is 12.7. The molecule has 0 atom stereocenters. The van der Waals surface area contributed by atoms with Crippen LogP contribution in [0.2, 0.25) is 0 Å². The quantitative estimate of drug-likeness (QED) is 0.486. The molecule has 0 aliphatic rings. The maximum absolute atomic E-state index is 12.2. The van der Waals surface area contributed by atoms with Crippen LogP contribution in [0.1, 0.15) is 26.3 Å². The summed E-state index contributed by atoms with van der Waals surface area (Å²) in [6.45, 7) is 0. The number of phenols is 2. The molecule has 20 heavy (non-hydrogen) atoms. The van der Waals surface area contributed by atoms with Gasteiger partial charge in [0.05, 0.1) is 11.5 Å². The van der Waals surface area contributed by atoms with E-state index in [9.17, 15) is 19.8 Å². The smallest absolute Gasteiger partial charge is 0.545 e. The van der Waals surface area contributed by atoms with Crippen LogP contribution in [0.3, 0.4) is 0 Å². The first-order valence-corrected chi connectivity index (χ1v) is 5.37. The van der Waals surface area contributed by atoms with E-state index in [1.165, 1.54) is 36.4 Å². The number of ketones is 1. The Hall–Kier alpha value is -1.82. The largest absolute Gasteiger partial charge is 1.00 e. The number of carbonyl (C=O) groups excluding carboxylic acids is 2. The third kappa shape index (κ3) is 3.19. The fourth-order valence-electron chi connectivity index (χ4n) is 1.72. The Morgan fingerprint density at radius 2 is 1.50 bits per heavy atom. The number of carboxylic acid groups (broad SMARTS) is 1. The molecule has 0 unspecified atom stereocenters. The fourth-order valence-corrected chi connectivity index (χ4v) is 1.72. The van der Waals surface area contributed by atoms with Gasteiger partial charge in [-0.05, 0) is 12.1 Å². The van der Waals surface area contributed by atoms with Gasteiger partial charge in [-0.1, -0.05) is 24.3 Å². The van der Waals surface area contributed by atoms with E-state index in [-0.39, 0.29) is 52.0 Å². The molecular weight excluding hydrogens is 271 g/mol. The van der Waals surface area contributed by atoms with Crippen LogP contribution >= 0.6 is 0 Å². The molecule has 0 aliphatic carbocycles. The van der Waals surface area contributed by atoms with Crippen LogP contribution in [0.4, 0.5) is 0 Å². The van der Waals surface area contributed by atoms with Crippen molar-refractivity contribution < 1.29 is 54.5 Å². The van der Waals surface area contributed by atoms with Crippen LogP contribution in [-0.2, 0) is 0 Å². The van der Waals surface area contributed by atoms with Gasteiger partial charge in [-0.15, -0.1) is 0 Å². The molecule has 2 N–H and O–H groups in total. The molecule has 6 heteroatoms. The van der Waals surface area contributed by atoms with Crippen LogP contribution in [0.15, 0.2) is 42.5 Å². The molecule has 5 nitrogen and oxygen atoms in total. The first-order chi connectivity index (χ1) is 9.00. The van der Waals surface area contributed by atoms with Gasteiger partial charge in [0.1, 0.15) is 11.5 Å². The van der Waals surface area contributed by atoms with Crippen LogP contribution in [-0.4, -0.2) is 22.0 Å². The number of hydrogen-bond donors (Lipinski definition) is 2. The maximum atomic E-state index is 12.2. The number of carboxylic acids is 1. The molecule has 96 valence electrons. The van der Waals surface area contributed by atoms with Crippen molar-refractivity contribution in [3.63, 3.8) is 0 Å². The summed E-state index contributed by atoms with van der Waals surface area (Å²) in [6.07, 6.45) is 0. The van der Waals surface area contributed by atoms with Gasteiger partial charge < -0.3 is 20.1 Å². The number of aromatic carboxylic acids is 1. The molecule has 2 aromatic rings. The summed E-state index contributed by atoms with van der Waals surface area (Å²) in [5.74, 6) is -2.74. The molecule has 0 amide bonds. The summed E-state index contributed by atoms with van der Waals surface area (Å²) in [5, 5.41) is 29.7. The summed E-state index contributed by atoms with van der Waals surface area (Å²) in [4.78, 5) is 23.1. The molecule has 0 fully saturated rings. The second kappa shape index (κ2) is 6.56. The predicted molar refractivity (Wildman–Crippen MR) is 64.0 cm³/mol. The van der Waals surface area contributed by atoms with Crippen LogP contribution in [0.25, 0.3) is 0 Å². The molecule has 0 heterocycles. The third-order valence-corrected chi connectivity index (χ3v) is 2.62. The van der Waals surface area contributed by atoms with Crippen molar-refractivity contribution in [3.05, 3.63) is 59.2 Å². The maximum Gasteiger partial charge on any atom is 1.00 e. The molecule has 0 aliphatic heterocycles. The van der Waals surface area contributed by atoms with Crippen molar-refractivity contribution in [2.45, 2.75) is 0 Å². The second-order valence-corrected chi connectivity index (χ2v) is 3.86. The number of hydrogen-bond acceptors (Lipinski definition) is 5. The van der Waals surface area contributed by atoms with Crippen LogP contribution in [0, 0.1) is 0 Å². The van der Waals surface area contributed by atoms with Gasteiger partial charge in [0.25, 0.3) is 0 Å². The van der Waals surface area contributed by atoms with Crippen LogP contribution < -0.4 is 34.7 Å². The van der Waals surface area contributed by atoms with Crippen molar-refractivity contribution in [2.75, 3.05) is 0 Å². The van der Waals surface area contributed by atoms with Gasteiger partial charge >= 0.3 is 29.6 Å².